The number of hydrogen-bond donors (Lipinski definition) is 2. The van der Waals surface area contributed by atoms with Gasteiger partial charge in [0.2, 0.25) is 5.91 Å². The van der Waals surface area contributed by atoms with Crippen LogP contribution in [0.2, 0.25) is 0 Å². The number of aromatic nitrogens is 5. The zero-order chi connectivity index (χ0) is 25.8. The molecule has 0 spiro atoms. The lowest BCUT2D eigenvalue weighted by atomic mass is 10.1. The highest BCUT2D eigenvalue weighted by molar-refractivity contribution is 7.21. The van der Waals surface area contributed by atoms with Crippen LogP contribution in [0.3, 0.4) is 0 Å². The van der Waals surface area contributed by atoms with E-state index in [2.05, 4.69) is 30.7 Å². The van der Waals surface area contributed by atoms with Crippen LogP contribution in [-0.4, -0.2) is 74.4 Å². The van der Waals surface area contributed by atoms with Crippen molar-refractivity contribution in [3.05, 3.63) is 48.3 Å². The van der Waals surface area contributed by atoms with E-state index in [0.717, 1.165) is 41.2 Å². The minimum Gasteiger partial charge on any atom is -0.383 e. The van der Waals surface area contributed by atoms with Gasteiger partial charge in [-0.15, -0.1) is 11.3 Å². The zero-order valence-electron chi connectivity index (χ0n) is 20.9. The maximum absolute atomic E-state index is 13.2. The van der Waals surface area contributed by atoms with Crippen LogP contribution in [0.15, 0.2) is 37.1 Å². The molecule has 1 saturated heterocycles. The summed E-state index contributed by atoms with van der Waals surface area (Å²) in [6.45, 7) is 5.31. The number of carbonyl (C=O) groups is 2. The molecule has 4 aromatic rings. The van der Waals surface area contributed by atoms with Crippen molar-refractivity contribution in [1.82, 2.24) is 29.3 Å². The van der Waals surface area contributed by atoms with Gasteiger partial charge in [0.05, 0.1) is 65.8 Å². The van der Waals surface area contributed by atoms with Crippen molar-refractivity contribution in [2.75, 3.05) is 44.0 Å². The summed E-state index contributed by atoms with van der Waals surface area (Å²) in [5, 5.41) is 14.6. The molecule has 0 saturated carbocycles. The van der Waals surface area contributed by atoms with Crippen LogP contribution in [0.5, 0.6) is 0 Å². The van der Waals surface area contributed by atoms with Gasteiger partial charge in [0.1, 0.15) is 4.83 Å². The lowest BCUT2D eigenvalue weighted by molar-refractivity contribution is -0.117. The van der Waals surface area contributed by atoms with Gasteiger partial charge in [-0.25, -0.2) is 4.52 Å². The first-order valence-electron chi connectivity index (χ1n) is 12.3. The molecule has 1 aliphatic rings. The number of piperidine rings is 1. The number of methoxy groups -OCH3 is 1. The molecule has 4 aromatic heterocycles. The summed E-state index contributed by atoms with van der Waals surface area (Å²) in [5.41, 5.74) is 3.15. The van der Waals surface area contributed by atoms with Crippen molar-refractivity contribution < 1.29 is 14.3 Å². The number of hydrogen-bond acceptors (Lipinski definition) is 8. The normalized spacial score (nSPS) is 14.2. The number of anilines is 2. The number of nitrogens with one attached hydrogen (secondary N) is 2. The average molecular weight is 523 g/mol. The molecule has 1 aliphatic heterocycles. The predicted octanol–water partition coefficient (Wildman–Crippen LogP) is 3.29. The number of rotatable bonds is 9. The summed E-state index contributed by atoms with van der Waals surface area (Å²) >= 11 is 1.47. The lowest BCUT2D eigenvalue weighted by Crippen LogP contribution is -2.36. The van der Waals surface area contributed by atoms with E-state index in [4.69, 9.17) is 4.74 Å². The van der Waals surface area contributed by atoms with E-state index >= 15 is 0 Å². The van der Waals surface area contributed by atoms with Gasteiger partial charge in [0, 0.05) is 25.1 Å². The molecule has 0 atom stereocenters. The Morgan fingerprint density at radius 2 is 1.92 bits per heavy atom. The van der Waals surface area contributed by atoms with Crippen molar-refractivity contribution in [2.24, 2.45) is 0 Å². The molecule has 5 rings (SSSR count). The summed E-state index contributed by atoms with van der Waals surface area (Å²) in [5.74, 6) is -0.374. The molecule has 0 bridgehead atoms. The molecule has 0 aliphatic carbocycles. The number of fused-ring (bicyclic) bond motifs is 1. The van der Waals surface area contributed by atoms with Gasteiger partial charge in [-0.2, -0.15) is 10.2 Å². The van der Waals surface area contributed by atoms with E-state index in [-0.39, 0.29) is 11.8 Å². The average Bonchev–Trinajstić information content (AvgIpc) is 3.61. The highest BCUT2D eigenvalue weighted by Gasteiger charge is 2.19. The second-order valence-electron chi connectivity index (χ2n) is 9.08. The smallest absolute Gasteiger partial charge is 0.260 e. The Bertz CT molecular complexity index is 1400. The molecule has 1 fully saturated rings. The Morgan fingerprint density at radius 1 is 1.08 bits per heavy atom. The molecule has 2 amide bonds. The number of thiazole rings is 1. The molecule has 5 heterocycles. The van der Waals surface area contributed by atoms with Crippen LogP contribution < -0.4 is 10.6 Å². The predicted molar refractivity (Wildman–Crippen MR) is 142 cm³/mol. The largest absolute Gasteiger partial charge is 0.383 e. The summed E-state index contributed by atoms with van der Waals surface area (Å²) < 4.78 is 8.63. The molecular weight excluding hydrogens is 492 g/mol. The monoisotopic (exact) mass is 522 g/mol. The number of pyridine rings is 1. The minimum atomic E-state index is -0.291. The summed E-state index contributed by atoms with van der Waals surface area (Å²) in [6.07, 6.45) is 12.3. The first-order chi connectivity index (χ1) is 18.0. The van der Waals surface area contributed by atoms with E-state index in [1.165, 1.54) is 17.8 Å². The number of aryl methyl sites for hydroxylation is 1. The maximum Gasteiger partial charge on any atom is 0.260 e. The second-order valence-corrected chi connectivity index (χ2v) is 10.1. The third kappa shape index (κ3) is 5.87. The first-order valence-corrected chi connectivity index (χ1v) is 13.1. The molecule has 0 aromatic carbocycles. The summed E-state index contributed by atoms with van der Waals surface area (Å²) in [7, 11) is 1.66. The Hall–Kier alpha value is -3.61. The third-order valence-electron chi connectivity index (χ3n) is 6.32. The molecule has 194 valence electrons. The molecule has 11 nitrogen and oxygen atoms in total. The molecule has 12 heteroatoms. The van der Waals surface area contributed by atoms with Crippen LogP contribution in [0.1, 0.15) is 35.3 Å². The van der Waals surface area contributed by atoms with Crippen molar-refractivity contribution in [1.29, 1.82) is 0 Å². The lowest BCUT2D eigenvalue weighted by Gasteiger charge is -2.25. The number of likely N-dealkylation sites (tertiary alicyclic amines) is 1. The van der Waals surface area contributed by atoms with Crippen molar-refractivity contribution >= 4 is 39.4 Å². The SMILES string of the molecule is COCCn1cc(-c2cn3ncc(C(=O)Nc4cc(NC(=O)CN5CCCCC5)cnc4C)c3s2)cn1. The van der Waals surface area contributed by atoms with Gasteiger partial charge < -0.3 is 15.4 Å². The van der Waals surface area contributed by atoms with Gasteiger partial charge in [-0.1, -0.05) is 6.42 Å². The molecule has 2 N–H and O–H groups in total. The van der Waals surface area contributed by atoms with Crippen molar-refractivity contribution in [2.45, 2.75) is 32.7 Å². The Kier molecular flexibility index (Phi) is 7.58. The van der Waals surface area contributed by atoms with Crippen LogP contribution in [0.4, 0.5) is 11.4 Å². The van der Waals surface area contributed by atoms with Crippen LogP contribution >= 0.6 is 11.3 Å². The highest BCUT2D eigenvalue weighted by Crippen LogP contribution is 2.31. The van der Waals surface area contributed by atoms with E-state index < -0.39 is 0 Å². The molecule has 37 heavy (non-hydrogen) atoms. The summed E-state index contributed by atoms with van der Waals surface area (Å²) in [6, 6.07) is 1.74. The van der Waals surface area contributed by atoms with Gasteiger partial charge in [-0.05, 0) is 38.9 Å². The van der Waals surface area contributed by atoms with Crippen LogP contribution in [0, 0.1) is 6.92 Å². The molecule has 0 unspecified atom stereocenters. The fourth-order valence-electron chi connectivity index (χ4n) is 4.31. The quantitative estimate of drug-likeness (QED) is 0.346. The fourth-order valence-corrected chi connectivity index (χ4v) is 5.35. The highest BCUT2D eigenvalue weighted by atomic mass is 32.1. The van der Waals surface area contributed by atoms with E-state index in [1.807, 2.05) is 24.0 Å². The Balaban J connectivity index is 1.28. The van der Waals surface area contributed by atoms with Crippen molar-refractivity contribution in [3.8, 4) is 10.4 Å². The first kappa shape index (κ1) is 25.1. The second kappa shape index (κ2) is 11.2. The summed E-state index contributed by atoms with van der Waals surface area (Å²) in [4.78, 5) is 33.9. The number of ether oxygens (including phenoxy) is 1. The van der Waals surface area contributed by atoms with Crippen LogP contribution in [-0.2, 0) is 16.1 Å². The van der Waals surface area contributed by atoms with Gasteiger partial charge in [-0.3, -0.25) is 24.2 Å². The fraction of sp³-hybridized carbons (Fsp3) is 0.400. The standard InChI is InChI=1S/C25H30N8O3S/c1-17-21(10-19(12-26-17)29-23(34)16-31-6-4-3-5-7-31)30-24(35)20-13-28-33-15-22(37-25(20)33)18-11-27-32(14-18)8-9-36-2/h10-15H,3-9,16H2,1-2H3,(H,29,34)(H,30,35). The minimum absolute atomic E-state index is 0.0835. The number of carbonyl (C=O) groups excluding carboxylic acids is 2. The van der Waals surface area contributed by atoms with E-state index in [1.54, 1.807) is 36.3 Å². The third-order valence-corrected chi connectivity index (χ3v) is 7.48. The van der Waals surface area contributed by atoms with Gasteiger partial charge in [0.15, 0.2) is 0 Å². The van der Waals surface area contributed by atoms with E-state index in [0.29, 0.717) is 42.3 Å². The number of amides is 2. The van der Waals surface area contributed by atoms with Crippen molar-refractivity contribution in [3.63, 3.8) is 0 Å². The van der Waals surface area contributed by atoms with Crippen LogP contribution in [0.25, 0.3) is 15.3 Å². The topological polar surface area (TPSA) is 119 Å². The Labute approximate surface area is 218 Å². The van der Waals surface area contributed by atoms with E-state index in [9.17, 15) is 9.59 Å². The zero-order valence-corrected chi connectivity index (χ0v) is 21.8. The van der Waals surface area contributed by atoms with Gasteiger partial charge >= 0.3 is 0 Å². The maximum atomic E-state index is 13.2. The Morgan fingerprint density at radius 3 is 2.73 bits per heavy atom. The number of nitrogens with zero attached hydrogens (tertiary/aromatic N) is 6. The molecular formula is C25H30N8O3S. The van der Waals surface area contributed by atoms with Gasteiger partial charge in [0.25, 0.3) is 5.91 Å². The molecule has 0 radical (unpaired) electrons.